The smallest absolute Gasteiger partial charge is 0.248 e. The zero-order valence-electron chi connectivity index (χ0n) is 8.19. The van der Waals surface area contributed by atoms with Gasteiger partial charge in [0.1, 0.15) is 6.61 Å². The summed E-state index contributed by atoms with van der Waals surface area (Å²) in [5.74, 6) is 0.345. The van der Waals surface area contributed by atoms with Crippen LogP contribution in [-0.2, 0) is 9.53 Å². The second-order valence-corrected chi connectivity index (χ2v) is 3.73. The van der Waals surface area contributed by atoms with E-state index in [0.717, 1.165) is 13.0 Å². The lowest BCUT2D eigenvalue weighted by Crippen LogP contribution is -2.46. The van der Waals surface area contributed by atoms with Gasteiger partial charge in [-0.05, 0) is 12.3 Å². The fourth-order valence-corrected chi connectivity index (χ4v) is 1.74. The summed E-state index contributed by atoms with van der Waals surface area (Å²) < 4.78 is 4.75. The van der Waals surface area contributed by atoms with Crippen LogP contribution in [0.4, 0.5) is 0 Å². The van der Waals surface area contributed by atoms with Crippen molar-refractivity contribution in [2.75, 3.05) is 26.8 Å². The highest BCUT2D eigenvalue weighted by atomic mass is 16.5. The minimum absolute atomic E-state index is 0.0342. The Morgan fingerprint density at radius 1 is 1.62 bits per heavy atom. The second-order valence-electron chi connectivity index (χ2n) is 3.73. The predicted molar refractivity (Wildman–Crippen MR) is 48.2 cm³/mol. The molecule has 1 fully saturated rings. The molecule has 1 N–H and O–H groups in total. The van der Waals surface area contributed by atoms with Crippen LogP contribution in [0.25, 0.3) is 0 Å². The molecule has 0 aromatic heterocycles. The van der Waals surface area contributed by atoms with Gasteiger partial charge in [-0.2, -0.15) is 0 Å². The van der Waals surface area contributed by atoms with Gasteiger partial charge in [0.25, 0.3) is 0 Å². The van der Waals surface area contributed by atoms with E-state index < -0.39 is 0 Å². The Kier molecular flexibility index (Phi) is 3.69. The van der Waals surface area contributed by atoms with Gasteiger partial charge in [0.05, 0.1) is 6.10 Å². The average Bonchev–Trinajstić information content (AvgIpc) is 2.03. The number of aliphatic hydroxyl groups is 1. The number of methoxy groups -OCH3 is 1. The normalized spacial score (nSPS) is 29.0. The van der Waals surface area contributed by atoms with E-state index >= 15 is 0 Å². The van der Waals surface area contributed by atoms with Crippen LogP contribution in [0.1, 0.15) is 13.3 Å². The number of hydrogen-bond donors (Lipinski definition) is 1. The summed E-state index contributed by atoms with van der Waals surface area (Å²) in [6.45, 7) is 3.33. The number of β-amino-alcohol motifs (C(OH)–C–C–N with tert-alkyl or cyclic N) is 1. The number of nitrogens with zero attached hydrogens (tertiary/aromatic N) is 1. The highest BCUT2D eigenvalue weighted by Gasteiger charge is 2.25. The van der Waals surface area contributed by atoms with Crippen molar-refractivity contribution in [3.8, 4) is 0 Å². The topological polar surface area (TPSA) is 49.8 Å². The Morgan fingerprint density at radius 2 is 2.31 bits per heavy atom. The molecule has 0 aliphatic carbocycles. The molecule has 13 heavy (non-hydrogen) atoms. The molecule has 4 nitrogen and oxygen atoms in total. The summed E-state index contributed by atoms with van der Waals surface area (Å²) in [6, 6.07) is 0. The van der Waals surface area contributed by atoms with E-state index in [1.807, 2.05) is 6.92 Å². The molecule has 0 bridgehead atoms. The third kappa shape index (κ3) is 2.97. The number of amides is 1. The van der Waals surface area contributed by atoms with Crippen molar-refractivity contribution in [2.45, 2.75) is 19.4 Å². The van der Waals surface area contributed by atoms with Gasteiger partial charge in [-0.25, -0.2) is 0 Å². The summed E-state index contributed by atoms with van der Waals surface area (Å²) in [6.07, 6.45) is 0.418. The molecule has 0 aromatic carbocycles. The number of aliphatic hydroxyl groups excluding tert-OH is 1. The number of hydrogen-bond acceptors (Lipinski definition) is 3. The van der Waals surface area contributed by atoms with Gasteiger partial charge in [0.2, 0.25) is 5.91 Å². The fourth-order valence-electron chi connectivity index (χ4n) is 1.74. The molecule has 1 aliphatic heterocycles. The monoisotopic (exact) mass is 187 g/mol. The highest BCUT2D eigenvalue weighted by molar-refractivity contribution is 5.77. The molecule has 1 aliphatic rings. The van der Waals surface area contributed by atoms with Gasteiger partial charge >= 0.3 is 0 Å². The lowest BCUT2D eigenvalue weighted by Gasteiger charge is -2.33. The molecule has 0 aromatic rings. The molecule has 0 radical (unpaired) electrons. The van der Waals surface area contributed by atoms with Crippen LogP contribution >= 0.6 is 0 Å². The zero-order valence-corrected chi connectivity index (χ0v) is 8.19. The van der Waals surface area contributed by atoms with Crippen LogP contribution in [0.15, 0.2) is 0 Å². The Balaban J connectivity index is 2.45. The summed E-state index contributed by atoms with van der Waals surface area (Å²) in [5, 5.41) is 9.43. The third-order valence-electron chi connectivity index (χ3n) is 2.26. The van der Waals surface area contributed by atoms with Gasteiger partial charge < -0.3 is 14.7 Å². The number of carbonyl (C=O) groups excluding carboxylic acids is 1. The molecule has 0 unspecified atom stereocenters. The number of likely N-dealkylation sites (tertiary alicyclic amines) is 1. The summed E-state index contributed by atoms with van der Waals surface area (Å²) in [7, 11) is 1.50. The average molecular weight is 187 g/mol. The van der Waals surface area contributed by atoms with E-state index in [0.29, 0.717) is 12.5 Å². The van der Waals surface area contributed by atoms with Gasteiger partial charge in [-0.1, -0.05) is 6.92 Å². The number of piperidine rings is 1. The zero-order chi connectivity index (χ0) is 9.84. The van der Waals surface area contributed by atoms with Crippen LogP contribution in [0.3, 0.4) is 0 Å². The van der Waals surface area contributed by atoms with Crippen LogP contribution in [0, 0.1) is 5.92 Å². The van der Waals surface area contributed by atoms with Crippen molar-refractivity contribution in [2.24, 2.45) is 5.92 Å². The Morgan fingerprint density at radius 3 is 2.85 bits per heavy atom. The van der Waals surface area contributed by atoms with E-state index in [1.165, 1.54) is 7.11 Å². The standard InChI is InChI=1S/C9H17NO3/c1-7-3-8(11)5-10(4-7)9(12)6-13-2/h7-8,11H,3-6H2,1-2H3/t7-,8+/m0/s1. The minimum atomic E-state index is -0.371. The van der Waals surface area contributed by atoms with E-state index in [-0.39, 0.29) is 18.6 Å². The third-order valence-corrected chi connectivity index (χ3v) is 2.26. The second kappa shape index (κ2) is 4.58. The number of carbonyl (C=O) groups is 1. The SMILES string of the molecule is COCC(=O)N1C[C@@H](C)C[C@@H](O)C1. The van der Waals surface area contributed by atoms with E-state index in [2.05, 4.69) is 0 Å². The van der Waals surface area contributed by atoms with Crippen molar-refractivity contribution in [3.63, 3.8) is 0 Å². The first kappa shape index (κ1) is 10.5. The van der Waals surface area contributed by atoms with Gasteiger partial charge in [-0.3, -0.25) is 4.79 Å². The minimum Gasteiger partial charge on any atom is -0.391 e. The quantitative estimate of drug-likeness (QED) is 0.654. The number of ether oxygens (including phenoxy) is 1. The lowest BCUT2D eigenvalue weighted by atomic mass is 9.98. The predicted octanol–water partition coefficient (Wildman–Crippen LogP) is -0.138. The molecule has 76 valence electrons. The Hall–Kier alpha value is -0.610. The first-order valence-electron chi connectivity index (χ1n) is 4.58. The maximum atomic E-state index is 11.4. The molecule has 0 spiro atoms. The molecule has 2 atom stereocenters. The first-order valence-corrected chi connectivity index (χ1v) is 4.58. The van der Waals surface area contributed by atoms with Crippen molar-refractivity contribution in [3.05, 3.63) is 0 Å². The van der Waals surface area contributed by atoms with Gasteiger partial charge in [0.15, 0.2) is 0 Å². The summed E-state index contributed by atoms with van der Waals surface area (Å²) in [5.41, 5.74) is 0. The molecule has 0 saturated carbocycles. The number of rotatable bonds is 2. The van der Waals surface area contributed by atoms with E-state index in [1.54, 1.807) is 4.90 Å². The van der Waals surface area contributed by atoms with Crippen LogP contribution < -0.4 is 0 Å². The van der Waals surface area contributed by atoms with Crippen molar-refractivity contribution in [1.29, 1.82) is 0 Å². The maximum absolute atomic E-state index is 11.4. The highest BCUT2D eigenvalue weighted by Crippen LogP contribution is 2.15. The lowest BCUT2D eigenvalue weighted by molar-refractivity contribution is -0.139. The molecular formula is C9H17NO3. The van der Waals surface area contributed by atoms with Crippen molar-refractivity contribution in [1.82, 2.24) is 4.90 Å². The van der Waals surface area contributed by atoms with Crippen LogP contribution in [0.2, 0.25) is 0 Å². The molecule has 1 amide bonds. The molecule has 1 heterocycles. The Bertz CT molecular complexity index is 174. The van der Waals surface area contributed by atoms with E-state index in [9.17, 15) is 9.90 Å². The van der Waals surface area contributed by atoms with Crippen molar-refractivity contribution < 1.29 is 14.6 Å². The van der Waals surface area contributed by atoms with Crippen LogP contribution in [-0.4, -0.2) is 48.8 Å². The molecular weight excluding hydrogens is 170 g/mol. The van der Waals surface area contributed by atoms with Crippen LogP contribution in [0.5, 0.6) is 0 Å². The largest absolute Gasteiger partial charge is 0.391 e. The van der Waals surface area contributed by atoms with E-state index in [4.69, 9.17) is 4.74 Å². The summed E-state index contributed by atoms with van der Waals surface area (Å²) >= 11 is 0. The van der Waals surface area contributed by atoms with Gasteiger partial charge in [-0.15, -0.1) is 0 Å². The molecule has 1 saturated heterocycles. The first-order chi connectivity index (χ1) is 6.13. The molecule has 1 rings (SSSR count). The Labute approximate surface area is 78.5 Å². The summed E-state index contributed by atoms with van der Waals surface area (Å²) in [4.78, 5) is 13.0. The maximum Gasteiger partial charge on any atom is 0.248 e. The van der Waals surface area contributed by atoms with Gasteiger partial charge in [0, 0.05) is 20.2 Å². The van der Waals surface area contributed by atoms with Crippen molar-refractivity contribution >= 4 is 5.91 Å². The fraction of sp³-hybridized carbons (Fsp3) is 0.889. The molecule has 4 heteroatoms.